The molecule has 0 saturated carbocycles. The molecule has 0 aliphatic carbocycles. The van der Waals surface area contributed by atoms with Gasteiger partial charge in [0, 0.05) is 7.05 Å². The van der Waals surface area contributed by atoms with E-state index in [1.54, 1.807) is 25.3 Å². The van der Waals surface area contributed by atoms with E-state index in [1.165, 1.54) is 11.9 Å². The minimum absolute atomic E-state index is 0.0608. The summed E-state index contributed by atoms with van der Waals surface area (Å²) in [5, 5.41) is 2.59. The van der Waals surface area contributed by atoms with Gasteiger partial charge in [-0.15, -0.1) is 0 Å². The number of thiocarbonyl (C=S) groups is 1. The minimum atomic E-state index is -0.480. The first-order valence-electron chi connectivity index (χ1n) is 5.93. The second kappa shape index (κ2) is 5.42. The van der Waals surface area contributed by atoms with E-state index in [1.807, 2.05) is 13.0 Å². The third-order valence-corrected chi connectivity index (χ3v) is 3.41. The number of nitrogens with zero attached hydrogens (tertiary/aromatic N) is 1. The predicted octanol–water partition coefficient (Wildman–Crippen LogP) is 1.26. The van der Waals surface area contributed by atoms with Crippen LogP contribution >= 0.6 is 12.2 Å². The van der Waals surface area contributed by atoms with Crippen LogP contribution in [0.25, 0.3) is 6.08 Å². The Bertz CT molecular complexity index is 637. The van der Waals surface area contributed by atoms with Crippen molar-refractivity contribution in [3.05, 3.63) is 34.9 Å². The molecule has 0 spiro atoms. The quantitative estimate of drug-likeness (QED) is 0.506. The van der Waals surface area contributed by atoms with Gasteiger partial charge >= 0.3 is 0 Å². The molecule has 1 fully saturated rings. The highest BCUT2D eigenvalue weighted by Gasteiger charge is 2.30. The molecule has 1 heterocycles. The lowest BCUT2D eigenvalue weighted by Crippen LogP contribution is -2.52. The number of benzene rings is 1. The van der Waals surface area contributed by atoms with E-state index in [0.29, 0.717) is 0 Å². The molecule has 0 aromatic heterocycles. The highest BCUT2D eigenvalue weighted by molar-refractivity contribution is 7.80. The number of amides is 2. The number of hydrogen-bond acceptors (Lipinski definition) is 4. The summed E-state index contributed by atoms with van der Waals surface area (Å²) in [5.41, 5.74) is 1.74. The molecule has 1 aliphatic rings. The number of likely N-dealkylation sites (N-methyl/N-ethyl adjacent to an activating group) is 1. The summed E-state index contributed by atoms with van der Waals surface area (Å²) in [4.78, 5) is 25.1. The van der Waals surface area contributed by atoms with Crippen molar-refractivity contribution in [3.8, 4) is 5.75 Å². The number of nitrogens with one attached hydrogen (secondary N) is 1. The van der Waals surface area contributed by atoms with Crippen molar-refractivity contribution in [2.24, 2.45) is 0 Å². The first-order chi connectivity index (χ1) is 9.43. The molecule has 2 rings (SSSR count). The smallest absolute Gasteiger partial charge is 0.265 e. The van der Waals surface area contributed by atoms with Crippen LogP contribution in [0.5, 0.6) is 5.75 Å². The number of ether oxygens (including phenoxy) is 1. The maximum atomic E-state index is 12.0. The summed E-state index contributed by atoms with van der Waals surface area (Å²) in [5.74, 6) is -0.135. The Kier molecular flexibility index (Phi) is 3.85. The molecule has 1 aromatic carbocycles. The van der Waals surface area contributed by atoms with Crippen molar-refractivity contribution in [1.29, 1.82) is 0 Å². The van der Waals surface area contributed by atoms with E-state index in [9.17, 15) is 9.59 Å². The second-order valence-corrected chi connectivity index (χ2v) is 4.80. The molecule has 1 aromatic rings. The molecular formula is C14H14N2O3S. The van der Waals surface area contributed by atoms with E-state index >= 15 is 0 Å². The van der Waals surface area contributed by atoms with E-state index in [2.05, 4.69) is 5.32 Å². The molecule has 0 radical (unpaired) electrons. The average molecular weight is 290 g/mol. The summed E-state index contributed by atoms with van der Waals surface area (Å²) in [6.07, 6.45) is 1.54. The van der Waals surface area contributed by atoms with Crippen LogP contribution in [0.1, 0.15) is 11.1 Å². The van der Waals surface area contributed by atoms with Gasteiger partial charge < -0.3 is 4.74 Å². The normalized spacial score (nSPS) is 17.4. The lowest BCUT2D eigenvalue weighted by molar-refractivity contribution is -0.128. The van der Waals surface area contributed by atoms with Crippen molar-refractivity contribution < 1.29 is 14.3 Å². The molecule has 1 aliphatic heterocycles. The van der Waals surface area contributed by atoms with Crippen molar-refractivity contribution >= 4 is 35.2 Å². The van der Waals surface area contributed by atoms with Gasteiger partial charge in [-0.05, 0) is 48.5 Å². The number of carbonyl (C=O) groups excluding carboxylic acids is 2. The maximum absolute atomic E-state index is 12.0. The number of hydrogen-bond donors (Lipinski definition) is 1. The van der Waals surface area contributed by atoms with E-state index in [4.69, 9.17) is 17.0 Å². The zero-order valence-corrected chi connectivity index (χ0v) is 12.2. The van der Waals surface area contributed by atoms with Crippen molar-refractivity contribution in [3.63, 3.8) is 0 Å². The van der Waals surface area contributed by atoms with Gasteiger partial charge in [-0.2, -0.15) is 0 Å². The van der Waals surface area contributed by atoms with Gasteiger partial charge in [0.25, 0.3) is 11.8 Å². The van der Waals surface area contributed by atoms with Crippen LogP contribution < -0.4 is 10.1 Å². The lowest BCUT2D eigenvalue weighted by Gasteiger charge is -2.25. The highest BCUT2D eigenvalue weighted by atomic mass is 32.1. The van der Waals surface area contributed by atoms with E-state index in [-0.39, 0.29) is 10.7 Å². The van der Waals surface area contributed by atoms with Gasteiger partial charge in [0.15, 0.2) is 5.11 Å². The number of aryl methyl sites for hydroxylation is 1. The standard InChI is InChI=1S/C14H14N2O3S/c1-8-6-9(4-5-11(8)19-3)7-10-12(17)15-14(20)16(2)13(10)18/h4-7H,1-3H3,(H,15,17,20)/b10-7+. The Morgan fingerprint density at radius 1 is 1.35 bits per heavy atom. The molecule has 1 saturated heterocycles. The SMILES string of the molecule is COc1ccc(/C=C2\C(=O)NC(=S)N(C)C2=O)cc1C. The van der Waals surface area contributed by atoms with Gasteiger partial charge in [-0.3, -0.25) is 19.8 Å². The fourth-order valence-corrected chi connectivity index (χ4v) is 2.08. The summed E-state index contributed by atoms with van der Waals surface area (Å²) in [6.45, 7) is 1.89. The molecule has 104 valence electrons. The van der Waals surface area contributed by atoms with Gasteiger partial charge in [0.2, 0.25) is 0 Å². The molecule has 1 N–H and O–H groups in total. The summed E-state index contributed by atoms with van der Waals surface area (Å²) < 4.78 is 5.17. The third-order valence-electron chi connectivity index (χ3n) is 3.03. The monoisotopic (exact) mass is 290 g/mol. The van der Waals surface area contributed by atoms with Crippen LogP contribution in [0, 0.1) is 6.92 Å². The first kappa shape index (κ1) is 14.2. The zero-order valence-electron chi connectivity index (χ0n) is 11.4. The van der Waals surface area contributed by atoms with Crippen LogP contribution in [0.2, 0.25) is 0 Å². The van der Waals surface area contributed by atoms with Crippen LogP contribution in [-0.2, 0) is 9.59 Å². The summed E-state index contributed by atoms with van der Waals surface area (Å²) >= 11 is 4.88. The molecule has 0 bridgehead atoms. The van der Waals surface area contributed by atoms with Crippen LogP contribution in [0.15, 0.2) is 23.8 Å². The van der Waals surface area contributed by atoms with Crippen LogP contribution in [0.4, 0.5) is 0 Å². The molecule has 20 heavy (non-hydrogen) atoms. The Morgan fingerprint density at radius 2 is 2.05 bits per heavy atom. The zero-order chi connectivity index (χ0) is 14.9. The van der Waals surface area contributed by atoms with Crippen molar-refractivity contribution in [2.75, 3.05) is 14.2 Å². The average Bonchev–Trinajstić information content (AvgIpc) is 2.41. The van der Waals surface area contributed by atoms with Crippen LogP contribution in [0.3, 0.4) is 0 Å². The van der Waals surface area contributed by atoms with Gasteiger partial charge in [-0.25, -0.2) is 0 Å². The Labute approximate surface area is 122 Å². The Hall–Kier alpha value is -2.21. The molecular weight excluding hydrogens is 276 g/mol. The molecule has 0 unspecified atom stereocenters. The second-order valence-electron chi connectivity index (χ2n) is 4.41. The maximum Gasteiger partial charge on any atom is 0.265 e. The van der Waals surface area contributed by atoms with Crippen molar-refractivity contribution in [2.45, 2.75) is 6.92 Å². The molecule has 5 nitrogen and oxygen atoms in total. The largest absolute Gasteiger partial charge is 0.496 e. The molecule has 6 heteroatoms. The summed E-state index contributed by atoms with van der Waals surface area (Å²) in [6, 6.07) is 5.42. The van der Waals surface area contributed by atoms with E-state index < -0.39 is 11.8 Å². The minimum Gasteiger partial charge on any atom is -0.496 e. The van der Waals surface area contributed by atoms with Crippen molar-refractivity contribution in [1.82, 2.24) is 10.2 Å². The molecule has 0 atom stereocenters. The predicted molar refractivity (Wildman–Crippen MR) is 79.2 cm³/mol. The highest BCUT2D eigenvalue weighted by Crippen LogP contribution is 2.21. The fourth-order valence-electron chi connectivity index (χ4n) is 1.90. The van der Waals surface area contributed by atoms with Gasteiger partial charge in [0.05, 0.1) is 7.11 Å². The Balaban J connectivity index is 2.39. The topological polar surface area (TPSA) is 58.6 Å². The lowest BCUT2D eigenvalue weighted by atomic mass is 10.1. The Morgan fingerprint density at radius 3 is 2.65 bits per heavy atom. The van der Waals surface area contributed by atoms with Gasteiger partial charge in [-0.1, -0.05) is 6.07 Å². The number of rotatable bonds is 2. The number of methoxy groups -OCH3 is 1. The molecule has 2 amide bonds. The fraction of sp³-hybridized carbons (Fsp3) is 0.214. The first-order valence-corrected chi connectivity index (χ1v) is 6.34. The van der Waals surface area contributed by atoms with E-state index in [0.717, 1.165) is 16.9 Å². The van der Waals surface area contributed by atoms with Crippen LogP contribution in [-0.4, -0.2) is 36.0 Å². The third kappa shape index (κ3) is 2.55. The van der Waals surface area contributed by atoms with Gasteiger partial charge in [0.1, 0.15) is 11.3 Å². The summed E-state index contributed by atoms with van der Waals surface area (Å²) in [7, 11) is 3.12. The number of carbonyl (C=O) groups is 2.